The topological polar surface area (TPSA) is 113 Å². The van der Waals surface area contributed by atoms with Crippen molar-refractivity contribution in [2.24, 2.45) is 0 Å². The predicted molar refractivity (Wildman–Crippen MR) is 136 cm³/mol. The number of amides is 1. The Kier molecular flexibility index (Phi) is 9.33. The number of carboxylic acid groups (broad SMARTS) is 1. The SMILES string of the molecule is O=C(NCCCc1ccccc1)C1(c2ccc(NS(=O)(=O)c3ccc(F)cc3)cc2)CC1.O=C(O)C(F)(F)F. The second-order valence-corrected chi connectivity index (χ2v) is 10.5. The van der Waals surface area contributed by atoms with Crippen molar-refractivity contribution in [1.29, 1.82) is 0 Å². The molecule has 1 amide bonds. The molecule has 0 radical (unpaired) electrons. The summed E-state index contributed by atoms with van der Waals surface area (Å²) >= 11 is 0. The van der Waals surface area contributed by atoms with Crippen LogP contribution < -0.4 is 10.0 Å². The molecule has 7 nitrogen and oxygen atoms in total. The maximum atomic E-state index is 13.1. The zero-order valence-electron chi connectivity index (χ0n) is 20.5. The van der Waals surface area contributed by atoms with E-state index in [1.165, 1.54) is 17.7 Å². The lowest BCUT2D eigenvalue weighted by molar-refractivity contribution is -0.192. The van der Waals surface area contributed by atoms with Crippen LogP contribution >= 0.6 is 0 Å². The number of aliphatic carboxylic acids is 1. The molecular weight excluding hydrogens is 540 g/mol. The van der Waals surface area contributed by atoms with Crippen molar-refractivity contribution in [2.45, 2.75) is 42.2 Å². The summed E-state index contributed by atoms with van der Waals surface area (Å²) in [5.41, 5.74) is 1.99. The van der Waals surface area contributed by atoms with Gasteiger partial charge in [0.05, 0.1) is 10.3 Å². The molecule has 4 rings (SSSR count). The van der Waals surface area contributed by atoms with Crippen molar-refractivity contribution in [1.82, 2.24) is 5.32 Å². The fraction of sp³-hybridized carbons (Fsp3) is 0.259. The normalized spacial score (nSPS) is 13.9. The molecule has 1 fully saturated rings. The minimum absolute atomic E-state index is 0.0171. The van der Waals surface area contributed by atoms with Gasteiger partial charge in [0.2, 0.25) is 5.91 Å². The summed E-state index contributed by atoms with van der Waals surface area (Å²) in [7, 11) is -3.81. The number of rotatable bonds is 9. The van der Waals surface area contributed by atoms with Crippen molar-refractivity contribution in [3.8, 4) is 0 Å². The molecule has 208 valence electrons. The Labute approximate surface area is 222 Å². The quantitative estimate of drug-likeness (QED) is 0.248. The van der Waals surface area contributed by atoms with E-state index in [4.69, 9.17) is 9.90 Å². The number of nitrogens with one attached hydrogen (secondary N) is 2. The van der Waals surface area contributed by atoms with E-state index < -0.39 is 33.4 Å². The first-order valence-corrected chi connectivity index (χ1v) is 13.3. The third-order valence-electron chi connectivity index (χ3n) is 6.01. The summed E-state index contributed by atoms with van der Waals surface area (Å²) in [6.45, 7) is 0.616. The van der Waals surface area contributed by atoms with E-state index in [0.717, 1.165) is 43.4 Å². The van der Waals surface area contributed by atoms with Gasteiger partial charge in [-0.2, -0.15) is 13.2 Å². The number of hydrogen-bond acceptors (Lipinski definition) is 4. The fourth-order valence-electron chi connectivity index (χ4n) is 3.77. The Morgan fingerprint density at radius 2 is 1.46 bits per heavy atom. The zero-order valence-corrected chi connectivity index (χ0v) is 21.4. The third-order valence-corrected chi connectivity index (χ3v) is 7.41. The molecule has 3 N–H and O–H groups in total. The van der Waals surface area contributed by atoms with Crippen LogP contribution in [0.3, 0.4) is 0 Å². The van der Waals surface area contributed by atoms with E-state index >= 15 is 0 Å². The monoisotopic (exact) mass is 566 g/mol. The van der Waals surface area contributed by atoms with Gasteiger partial charge < -0.3 is 10.4 Å². The number of alkyl halides is 3. The van der Waals surface area contributed by atoms with E-state index in [1.807, 2.05) is 18.2 Å². The second kappa shape index (κ2) is 12.3. The summed E-state index contributed by atoms with van der Waals surface area (Å²) in [6, 6.07) is 21.7. The Morgan fingerprint density at radius 3 is 1.97 bits per heavy atom. The van der Waals surface area contributed by atoms with Crippen LogP contribution in [0.25, 0.3) is 0 Å². The molecule has 1 aliphatic rings. The van der Waals surface area contributed by atoms with Crippen LogP contribution in [0.2, 0.25) is 0 Å². The highest BCUT2D eigenvalue weighted by molar-refractivity contribution is 7.92. The third kappa shape index (κ3) is 8.28. The second-order valence-electron chi connectivity index (χ2n) is 8.87. The fourth-order valence-corrected chi connectivity index (χ4v) is 4.82. The van der Waals surface area contributed by atoms with Crippen molar-refractivity contribution in [2.75, 3.05) is 11.3 Å². The summed E-state index contributed by atoms with van der Waals surface area (Å²) in [4.78, 5) is 21.7. The van der Waals surface area contributed by atoms with Crippen LogP contribution in [-0.4, -0.2) is 38.1 Å². The molecule has 1 aliphatic carbocycles. The average molecular weight is 567 g/mol. The van der Waals surface area contributed by atoms with Gasteiger partial charge in [0.15, 0.2) is 0 Å². The zero-order chi connectivity index (χ0) is 28.7. The largest absolute Gasteiger partial charge is 0.490 e. The number of carbonyl (C=O) groups excluding carboxylic acids is 1. The van der Waals surface area contributed by atoms with E-state index in [0.29, 0.717) is 12.2 Å². The van der Waals surface area contributed by atoms with Gasteiger partial charge in [-0.15, -0.1) is 0 Å². The lowest BCUT2D eigenvalue weighted by atomic mass is 9.94. The smallest absolute Gasteiger partial charge is 0.475 e. The van der Waals surface area contributed by atoms with Gasteiger partial charge in [0, 0.05) is 12.2 Å². The molecule has 0 unspecified atom stereocenters. The molecule has 0 saturated heterocycles. The van der Waals surface area contributed by atoms with Crippen LogP contribution in [0.15, 0.2) is 83.8 Å². The molecular formula is C27H26F4N2O5S. The number of carbonyl (C=O) groups is 2. The molecule has 1 saturated carbocycles. The van der Waals surface area contributed by atoms with Crippen LogP contribution in [0, 0.1) is 5.82 Å². The predicted octanol–water partition coefficient (Wildman–Crippen LogP) is 5.04. The first-order valence-electron chi connectivity index (χ1n) is 11.8. The van der Waals surface area contributed by atoms with Crippen molar-refractivity contribution in [3.05, 3.63) is 95.8 Å². The van der Waals surface area contributed by atoms with E-state index in [2.05, 4.69) is 22.2 Å². The van der Waals surface area contributed by atoms with Gasteiger partial charge in [-0.3, -0.25) is 9.52 Å². The van der Waals surface area contributed by atoms with Crippen LogP contribution in [0.5, 0.6) is 0 Å². The lowest BCUT2D eigenvalue weighted by Crippen LogP contribution is -2.35. The maximum Gasteiger partial charge on any atom is 0.490 e. The maximum absolute atomic E-state index is 13.1. The number of carboxylic acids is 1. The average Bonchev–Trinajstić information content (AvgIpc) is 3.70. The molecule has 3 aromatic rings. The summed E-state index contributed by atoms with van der Waals surface area (Å²) < 4.78 is 72.2. The molecule has 0 aromatic heterocycles. The number of anilines is 1. The highest BCUT2D eigenvalue weighted by Crippen LogP contribution is 2.48. The molecule has 0 heterocycles. The Balaban J connectivity index is 0.000000532. The van der Waals surface area contributed by atoms with Crippen molar-refractivity contribution in [3.63, 3.8) is 0 Å². The minimum Gasteiger partial charge on any atom is -0.475 e. The van der Waals surface area contributed by atoms with Crippen molar-refractivity contribution < 1.29 is 40.7 Å². The van der Waals surface area contributed by atoms with Gasteiger partial charge >= 0.3 is 12.1 Å². The Bertz CT molecular complexity index is 1370. The highest BCUT2D eigenvalue weighted by Gasteiger charge is 2.51. The van der Waals surface area contributed by atoms with E-state index in [-0.39, 0.29) is 10.8 Å². The minimum atomic E-state index is -5.08. The number of benzene rings is 3. The summed E-state index contributed by atoms with van der Waals surface area (Å²) in [5.74, 6) is -3.24. The number of sulfonamides is 1. The molecule has 39 heavy (non-hydrogen) atoms. The summed E-state index contributed by atoms with van der Waals surface area (Å²) in [6.07, 6.45) is -1.75. The van der Waals surface area contributed by atoms with Crippen LogP contribution in [0.4, 0.5) is 23.2 Å². The lowest BCUT2D eigenvalue weighted by Gasteiger charge is -2.17. The van der Waals surface area contributed by atoms with E-state index in [1.54, 1.807) is 24.3 Å². The molecule has 3 aromatic carbocycles. The molecule has 12 heteroatoms. The van der Waals surface area contributed by atoms with E-state index in [9.17, 15) is 30.8 Å². The number of hydrogen-bond donors (Lipinski definition) is 3. The number of aryl methyl sites for hydroxylation is 1. The molecule has 0 aliphatic heterocycles. The summed E-state index contributed by atoms with van der Waals surface area (Å²) in [5, 5.41) is 10.2. The Morgan fingerprint density at radius 1 is 0.897 bits per heavy atom. The first-order chi connectivity index (χ1) is 18.3. The van der Waals surface area contributed by atoms with Gasteiger partial charge in [0.1, 0.15) is 5.82 Å². The first kappa shape index (κ1) is 29.6. The van der Waals surface area contributed by atoms with Gasteiger partial charge in [-0.1, -0.05) is 42.5 Å². The van der Waals surface area contributed by atoms with Crippen molar-refractivity contribution >= 4 is 27.6 Å². The molecule has 0 atom stereocenters. The van der Waals surface area contributed by atoms with Gasteiger partial charge in [-0.25, -0.2) is 17.6 Å². The Hall–Kier alpha value is -3.93. The molecule has 0 bridgehead atoms. The van der Waals surface area contributed by atoms with Crippen LogP contribution in [0.1, 0.15) is 30.4 Å². The van der Waals surface area contributed by atoms with Gasteiger partial charge in [-0.05, 0) is 73.2 Å². The highest BCUT2D eigenvalue weighted by atomic mass is 32.2. The van der Waals surface area contributed by atoms with Crippen LogP contribution in [-0.2, 0) is 31.4 Å². The van der Waals surface area contributed by atoms with Gasteiger partial charge in [0.25, 0.3) is 10.0 Å². The number of halogens is 4. The molecule has 0 spiro atoms. The standard InChI is InChI=1S/C25H25FN2O3S.C2HF3O2/c26-21-10-14-23(15-11-21)32(30,31)28-22-12-8-20(9-13-22)25(16-17-25)24(29)27-18-4-7-19-5-2-1-3-6-19;3-2(4,5)1(6)7/h1-3,5-6,8-15,28H,4,7,16-18H2,(H,27,29);(H,6,7).